The highest BCUT2D eigenvalue weighted by molar-refractivity contribution is 9.10. The molecule has 1 aliphatic rings. The van der Waals surface area contributed by atoms with Crippen molar-refractivity contribution in [2.45, 2.75) is 9.99 Å². The average Bonchev–Trinajstić information content (AvgIpc) is 3.06. The van der Waals surface area contributed by atoms with Crippen LogP contribution in [-0.2, 0) is 9.59 Å². The molecule has 0 radical (unpaired) electrons. The Morgan fingerprint density at radius 1 is 1.10 bits per heavy atom. The second kappa shape index (κ2) is 8.77. The molecule has 3 aromatic rings. The van der Waals surface area contributed by atoms with Crippen LogP contribution in [0.5, 0.6) is 0 Å². The summed E-state index contributed by atoms with van der Waals surface area (Å²) in [6, 6.07) is 17.9. The number of anilines is 1. The molecule has 1 aromatic heterocycles. The van der Waals surface area contributed by atoms with E-state index in [1.54, 1.807) is 42.5 Å². The maximum absolute atomic E-state index is 13.0. The number of nitrogens with one attached hydrogen (secondary N) is 1. The van der Waals surface area contributed by atoms with Crippen LogP contribution >= 0.6 is 51.5 Å². The Morgan fingerprint density at radius 2 is 1.80 bits per heavy atom. The highest BCUT2D eigenvalue weighted by Crippen LogP contribution is 2.37. The number of thiocarbonyl (C=S) groups is 1. The van der Waals surface area contributed by atoms with Crippen molar-refractivity contribution >= 4 is 80.2 Å². The maximum atomic E-state index is 13.0. The summed E-state index contributed by atoms with van der Waals surface area (Å²) in [6.45, 7) is 0. The molecule has 0 unspecified atom stereocenters. The summed E-state index contributed by atoms with van der Waals surface area (Å²) in [5.41, 5.74) is 0.495. The second-order valence-electron chi connectivity index (χ2n) is 6.13. The molecule has 0 atom stereocenters. The smallest absolute Gasteiger partial charge is 0.270 e. The van der Waals surface area contributed by atoms with Gasteiger partial charge in [0.15, 0.2) is 10.2 Å². The quantitative estimate of drug-likeness (QED) is 0.273. The molecule has 2 heterocycles. The SMILES string of the molecule is O=C1NC(=S)N(c2ccccc2)C(=O)C1=Cc1cc(Br)c(Sc2ccc(Cl)cc2)o1. The molecule has 0 spiro atoms. The van der Waals surface area contributed by atoms with E-state index in [-0.39, 0.29) is 10.7 Å². The van der Waals surface area contributed by atoms with E-state index in [1.165, 1.54) is 22.7 Å². The molecule has 1 aliphatic heterocycles. The van der Waals surface area contributed by atoms with Crippen LogP contribution in [0, 0.1) is 0 Å². The second-order valence-corrected chi connectivity index (χ2v) is 8.86. The third-order valence-corrected chi connectivity index (χ3v) is 6.49. The predicted molar refractivity (Wildman–Crippen MR) is 125 cm³/mol. The number of benzene rings is 2. The number of carbonyl (C=O) groups excluding carboxylic acids is 2. The third kappa shape index (κ3) is 4.37. The van der Waals surface area contributed by atoms with Crippen molar-refractivity contribution < 1.29 is 14.0 Å². The largest absolute Gasteiger partial charge is 0.449 e. The Labute approximate surface area is 195 Å². The molecule has 5 nitrogen and oxygen atoms in total. The van der Waals surface area contributed by atoms with Gasteiger partial charge in [-0.15, -0.1) is 0 Å². The summed E-state index contributed by atoms with van der Waals surface area (Å²) >= 11 is 16.0. The molecular formula is C21H12BrClN2O3S2. The van der Waals surface area contributed by atoms with Gasteiger partial charge in [0.2, 0.25) is 0 Å². The summed E-state index contributed by atoms with van der Waals surface area (Å²) in [5, 5.41) is 3.82. The first kappa shape index (κ1) is 20.9. The van der Waals surface area contributed by atoms with E-state index < -0.39 is 11.8 Å². The zero-order valence-corrected chi connectivity index (χ0v) is 19.1. The monoisotopic (exact) mass is 518 g/mol. The molecule has 4 rings (SSSR count). The van der Waals surface area contributed by atoms with E-state index in [0.717, 1.165) is 4.90 Å². The van der Waals surface area contributed by atoms with Gasteiger partial charge in [-0.3, -0.25) is 19.8 Å². The average molecular weight is 520 g/mol. The molecule has 1 N–H and O–H groups in total. The van der Waals surface area contributed by atoms with Crippen molar-refractivity contribution in [3.05, 3.63) is 81.5 Å². The number of para-hydroxylation sites is 1. The fourth-order valence-electron chi connectivity index (χ4n) is 2.73. The highest BCUT2D eigenvalue weighted by Gasteiger charge is 2.34. The van der Waals surface area contributed by atoms with Crippen molar-refractivity contribution in [3.8, 4) is 0 Å². The van der Waals surface area contributed by atoms with E-state index in [9.17, 15) is 9.59 Å². The van der Waals surface area contributed by atoms with Crippen LogP contribution in [0.15, 0.2) is 85.1 Å². The van der Waals surface area contributed by atoms with Gasteiger partial charge in [-0.05, 0) is 76.7 Å². The Hall–Kier alpha value is -2.39. The lowest BCUT2D eigenvalue weighted by Gasteiger charge is -2.28. The predicted octanol–water partition coefficient (Wildman–Crippen LogP) is 5.68. The zero-order chi connectivity index (χ0) is 21.3. The molecule has 0 bridgehead atoms. The van der Waals surface area contributed by atoms with E-state index in [1.807, 2.05) is 18.2 Å². The summed E-state index contributed by atoms with van der Waals surface area (Å²) in [7, 11) is 0. The fraction of sp³-hybridized carbons (Fsp3) is 0. The third-order valence-electron chi connectivity index (χ3n) is 4.10. The van der Waals surface area contributed by atoms with Crippen LogP contribution < -0.4 is 10.2 Å². The molecule has 9 heteroatoms. The molecule has 2 amide bonds. The minimum atomic E-state index is -0.573. The summed E-state index contributed by atoms with van der Waals surface area (Å²) < 4.78 is 6.54. The van der Waals surface area contributed by atoms with Crippen molar-refractivity contribution in [3.63, 3.8) is 0 Å². The van der Waals surface area contributed by atoms with Gasteiger partial charge >= 0.3 is 0 Å². The van der Waals surface area contributed by atoms with Gasteiger partial charge in [-0.25, -0.2) is 0 Å². The van der Waals surface area contributed by atoms with Crippen molar-refractivity contribution in [2.24, 2.45) is 0 Å². The van der Waals surface area contributed by atoms with E-state index >= 15 is 0 Å². The molecule has 2 aromatic carbocycles. The first-order valence-corrected chi connectivity index (χ1v) is 11.0. The molecule has 1 saturated heterocycles. The van der Waals surface area contributed by atoms with Crippen LogP contribution in [0.4, 0.5) is 5.69 Å². The maximum Gasteiger partial charge on any atom is 0.270 e. The minimum absolute atomic E-state index is 0.0351. The number of hydrogen-bond acceptors (Lipinski definition) is 5. The number of carbonyl (C=O) groups is 2. The summed E-state index contributed by atoms with van der Waals surface area (Å²) in [6.07, 6.45) is 1.41. The van der Waals surface area contributed by atoms with Crippen LogP contribution in [0.3, 0.4) is 0 Å². The van der Waals surface area contributed by atoms with E-state index in [2.05, 4.69) is 21.2 Å². The van der Waals surface area contributed by atoms with Crippen molar-refractivity contribution in [1.82, 2.24) is 5.32 Å². The first-order chi connectivity index (χ1) is 14.4. The Kier molecular flexibility index (Phi) is 6.10. The molecule has 150 valence electrons. The number of hydrogen-bond donors (Lipinski definition) is 1. The molecule has 0 saturated carbocycles. The van der Waals surface area contributed by atoms with Crippen LogP contribution in [0.2, 0.25) is 5.02 Å². The number of halogens is 2. The molecule has 1 fully saturated rings. The number of nitrogens with zero attached hydrogens (tertiary/aromatic N) is 1. The van der Waals surface area contributed by atoms with Crippen molar-refractivity contribution in [1.29, 1.82) is 0 Å². The summed E-state index contributed by atoms with van der Waals surface area (Å²) in [4.78, 5) is 27.6. The number of furan rings is 1. The lowest BCUT2D eigenvalue weighted by atomic mass is 10.1. The van der Waals surface area contributed by atoms with Crippen molar-refractivity contribution in [2.75, 3.05) is 4.90 Å². The van der Waals surface area contributed by atoms with Gasteiger partial charge in [0.05, 0.1) is 10.2 Å². The standard InChI is InChI=1S/C21H12BrClN2O3S2/c22-17-11-14(28-20(17)30-15-8-6-12(23)7-9-15)10-16-18(26)24-21(29)25(19(16)27)13-4-2-1-3-5-13/h1-11H,(H,24,26,29). The number of rotatable bonds is 4. The van der Waals surface area contributed by atoms with Gasteiger partial charge in [0, 0.05) is 9.92 Å². The van der Waals surface area contributed by atoms with Crippen LogP contribution in [0.25, 0.3) is 6.08 Å². The van der Waals surface area contributed by atoms with Gasteiger partial charge in [0.1, 0.15) is 11.3 Å². The first-order valence-electron chi connectivity index (χ1n) is 8.61. The van der Waals surface area contributed by atoms with E-state index in [0.29, 0.717) is 26.0 Å². The van der Waals surface area contributed by atoms with Gasteiger partial charge in [-0.1, -0.05) is 41.6 Å². The molecule has 0 aliphatic carbocycles. The summed E-state index contributed by atoms with van der Waals surface area (Å²) in [5.74, 6) is -0.733. The van der Waals surface area contributed by atoms with Gasteiger partial charge < -0.3 is 4.42 Å². The van der Waals surface area contributed by atoms with Crippen LogP contribution in [0.1, 0.15) is 5.76 Å². The molecule has 30 heavy (non-hydrogen) atoms. The highest BCUT2D eigenvalue weighted by atomic mass is 79.9. The van der Waals surface area contributed by atoms with Gasteiger partial charge in [-0.2, -0.15) is 0 Å². The molecular weight excluding hydrogens is 508 g/mol. The minimum Gasteiger partial charge on any atom is -0.449 e. The zero-order valence-electron chi connectivity index (χ0n) is 15.1. The lowest BCUT2D eigenvalue weighted by molar-refractivity contribution is -0.122. The Morgan fingerprint density at radius 3 is 2.50 bits per heavy atom. The van der Waals surface area contributed by atoms with Crippen LogP contribution in [-0.4, -0.2) is 16.9 Å². The number of amides is 2. The van der Waals surface area contributed by atoms with Gasteiger partial charge in [0.25, 0.3) is 11.8 Å². The van der Waals surface area contributed by atoms with E-state index in [4.69, 9.17) is 28.2 Å². The Balaban J connectivity index is 1.63. The Bertz CT molecular complexity index is 1180. The lowest BCUT2D eigenvalue weighted by Crippen LogP contribution is -2.54. The topological polar surface area (TPSA) is 62.6 Å². The normalized spacial score (nSPS) is 15.6. The fourth-order valence-corrected chi connectivity index (χ4v) is 4.47.